The Morgan fingerprint density at radius 2 is 0.605 bits per heavy atom. The highest BCUT2D eigenvalue weighted by molar-refractivity contribution is 5.86. The van der Waals surface area contributed by atoms with Crippen LogP contribution in [0.1, 0.15) is 147 Å². The molecule has 3 heterocycles. The van der Waals surface area contributed by atoms with Crippen molar-refractivity contribution in [3.8, 4) is 11.5 Å². The molecule has 13 rings (SSSR count). The number of rotatable bonds is 52. The number of amides is 4. The molecule has 2 atom stereocenters. The lowest BCUT2D eigenvalue weighted by Gasteiger charge is -2.27. The van der Waals surface area contributed by atoms with Crippen LogP contribution in [0.5, 0.6) is 11.5 Å². The van der Waals surface area contributed by atoms with Crippen molar-refractivity contribution in [3.05, 3.63) is 360 Å². The Bertz CT molecular complexity index is 4530. The minimum atomic E-state index is -0.956. The van der Waals surface area contributed by atoms with E-state index in [1.54, 1.807) is 17.3 Å². The second-order valence-corrected chi connectivity index (χ2v) is 32.7. The van der Waals surface area contributed by atoms with E-state index in [0.29, 0.717) is 12.4 Å². The zero-order valence-corrected chi connectivity index (χ0v) is 72.3. The maximum absolute atomic E-state index is 14.0. The van der Waals surface area contributed by atoms with Gasteiger partial charge in [-0.2, -0.15) is 0 Å². The van der Waals surface area contributed by atoms with Crippen molar-refractivity contribution < 1.29 is 38.5 Å². The number of aromatic nitrogens is 2. The normalized spacial score (nSPS) is 12.5. The summed E-state index contributed by atoms with van der Waals surface area (Å²) >= 11 is 0. The van der Waals surface area contributed by atoms with E-state index in [-0.39, 0.29) is 93.2 Å². The maximum atomic E-state index is 14.0. The molecular formula is C108H128N8O8. The van der Waals surface area contributed by atoms with Gasteiger partial charge in [-0.3, -0.25) is 39.4 Å². The highest BCUT2D eigenvalue weighted by Gasteiger charge is 2.26. The molecule has 16 nitrogen and oxygen atoms in total. The third kappa shape index (κ3) is 36.8. The van der Waals surface area contributed by atoms with Crippen LogP contribution in [0.15, 0.2) is 316 Å². The number of ether oxygens (including phenoxy) is 3. The first-order valence-corrected chi connectivity index (χ1v) is 45.2. The molecule has 1 saturated heterocycles. The van der Waals surface area contributed by atoms with Crippen LogP contribution in [0.3, 0.4) is 0 Å². The van der Waals surface area contributed by atoms with Gasteiger partial charge in [0.15, 0.2) is 0 Å². The lowest BCUT2D eigenvalue weighted by atomic mass is 9.99. The predicted octanol–water partition coefficient (Wildman–Crippen LogP) is 19.0. The molecule has 12 aromatic rings. The van der Waals surface area contributed by atoms with Crippen LogP contribution in [0, 0.1) is 0 Å². The van der Waals surface area contributed by atoms with Gasteiger partial charge in [-0.25, -0.2) is 0 Å². The van der Waals surface area contributed by atoms with E-state index in [2.05, 4.69) is 231 Å². The summed E-state index contributed by atoms with van der Waals surface area (Å²) in [5, 5.41) is 29.6. The number of nitrogens with zero attached hydrogens (tertiary/aromatic N) is 3. The minimum Gasteiger partial charge on any atom is -0.490 e. The number of aryl methyl sites for hydroxylation is 8. The van der Waals surface area contributed by atoms with Gasteiger partial charge in [0.05, 0.1) is 43.8 Å². The van der Waals surface area contributed by atoms with Gasteiger partial charge in [0.2, 0.25) is 23.6 Å². The van der Waals surface area contributed by atoms with Crippen LogP contribution in [0.4, 0.5) is 0 Å². The molecule has 1 aliphatic rings. The molecule has 1 fully saturated rings. The van der Waals surface area contributed by atoms with Gasteiger partial charge in [0.25, 0.3) is 0 Å². The van der Waals surface area contributed by atoms with Crippen molar-refractivity contribution in [1.29, 1.82) is 0 Å². The molecule has 16 heteroatoms. The van der Waals surface area contributed by atoms with Crippen molar-refractivity contribution >= 4 is 45.4 Å². The first-order chi connectivity index (χ1) is 61.0. The lowest BCUT2D eigenvalue weighted by Crippen LogP contribution is -2.49. The molecule has 648 valence electrons. The molecule has 0 unspecified atom stereocenters. The summed E-state index contributed by atoms with van der Waals surface area (Å²) in [5.74, 6) is 1.10. The summed E-state index contributed by atoms with van der Waals surface area (Å²) in [7, 11) is 0. The summed E-state index contributed by atoms with van der Waals surface area (Å²) in [4.78, 5) is 64.4. The highest BCUT2D eigenvalue weighted by atomic mass is 16.6. The fourth-order valence-corrected chi connectivity index (χ4v) is 16.0. The minimum absolute atomic E-state index is 0.00304. The maximum Gasteiger partial charge on any atom is 0.234 e. The third-order valence-corrected chi connectivity index (χ3v) is 22.6. The monoisotopic (exact) mass is 1660 g/mol. The quantitative estimate of drug-likeness (QED) is 0.0197. The van der Waals surface area contributed by atoms with E-state index in [4.69, 9.17) is 14.2 Å². The number of nitrogens with one attached hydrogen (secondary N) is 5. The van der Waals surface area contributed by atoms with Crippen LogP contribution in [0.2, 0.25) is 0 Å². The van der Waals surface area contributed by atoms with Gasteiger partial charge in [-0.05, 0) is 247 Å². The first-order valence-electron chi connectivity index (χ1n) is 45.2. The Hall–Kier alpha value is -11.7. The fourth-order valence-electron chi connectivity index (χ4n) is 16.0. The Balaban J connectivity index is 0.000000211. The molecule has 4 amide bonds. The zero-order chi connectivity index (χ0) is 85.9. The molecule has 0 bridgehead atoms. The highest BCUT2D eigenvalue weighted by Crippen LogP contribution is 2.27. The van der Waals surface area contributed by atoms with Crippen molar-refractivity contribution in [2.24, 2.45) is 0 Å². The number of aliphatic hydroxyl groups is 1. The van der Waals surface area contributed by atoms with Gasteiger partial charge < -0.3 is 40.6 Å². The number of pyridine rings is 2. The van der Waals surface area contributed by atoms with Gasteiger partial charge in [-0.1, -0.05) is 255 Å². The Morgan fingerprint density at radius 1 is 0.339 bits per heavy atom. The smallest absolute Gasteiger partial charge is 0.234 e. The summed E-state index contributed by atoms with van der Waals surface area (Å²) in [6, 6.07) is 103. The number of fused-ring (bicyclic) bond motifs is 2. The van der Waals surface area contributed by atoms with Crippen LogP contribution in [-0.4, -0.2) is 133 Å². The SMILES string of the molecule is O=C(CN(CC(=O)NC(CCCc1ccccc1)CCCc1ccccc1)C[C@@H](O)COc1cccc2ncccc12)NC(CCCc1ccccc1)CCCc1ccccc1.O=C(CNCC(=O)NC(CCCc1ccccc1)CCCc1ccccc1)NC(CCCc1ccccc1)CCCc1ccccc1.c1cc(OC[C@@H]2CO2)c2cccnc2c1. The Labute approximate surface area is 735 Å². The standard InChI is InChI=1S/C54H64N4O4.C42H53N3O2.C12H11NO2/c59-49(42-62-52-37-17-36-51-50(52)35-18-38-55-51)39-58(40-53(60)56-47(31-13-27-43-19-5-1-6-20-43)32-14-28-44-21-7-2-8-22-44)41-54(61)57-48(33-15-29-45-23-9-3-10-24-45)34-16-30-46-25-11-4-12-26-46;46-41(44-39(29-13-25-35-17-5-1-6-18-35)30-14-26-36-19-7-2-8-20-36)33-43-34-42(47)45-40(31-15-27-37-21-9-3-10-22-37)32-16-28-38-23-11-4-12-24-38;1-4-11-10(3-2-6-13-11)12(5-1)15-8-9-7-14-9/h1-12,17-26,35-38,47-49,59H,13-16,27-34,39-42H2,(H,56,60)(H,57,61);1-12,17-24,39-40,43H,13-16,25-34H2,(H,44,46)(H,45,47);1-6,9H,7-8H2/t49-;;9-/m1.0/s1. The van der Waals surface area contributed by atoms with Gasteiger partial charge in [0, 0.05) is 53.9 Å². The average molecular weight is 1670 g/mol. The van der Waals surface area contributed by atoms with Crippen molar-refractivity contribution in [2.45, 2.75) is 190 Å². The van der Waals surface area contributed by atoms with E-state index in [0.717, 1.165) is 188 Å². The molecule has 10 aromatic carbocycles. The average Bonchev–Trinajstić information content (AvgIpc) is 1.80. The predicted molar refractivity (Wildman–Crippen MR) is 502 cm³/mol. The van der Waals surface area contributed by atoms with E-state index in [9.17, 15) is 24.3 Å². The van der Waals surface area contributed by atoms with E-state index < -0.39 is 6.10 Å². The zero-order valence-electron chi connectivity index (χ0n) is 72.3. The molecule has 0 radical (unpaired) electrons. The summed E-state index contributed by atoms with van der Waals surface area (Å²) in [6.07, 6.45) is 25.6. The van der Waals surface area contributed by atoms with E-state index >= 15 is 0 Å². The van der Waals surface area contributed by atoms with Crippen molar-refractivity contribution in [1.82, 2.24) is 41.5 Å². The molecule has 6 N–H and O–H groups in total. The van der Waals surface area contributed by atoms with Gasteiger partial charge in [0.1, 0.15) is 36.9 Å². The van der Waals surface area contributed by atoms with E-state index in [1.165, 1.54) is 44.5 Å². The summed E-state index contributed by atoms with van der Waals surface area (Å²) in [5.41, 5.74) is 12.2. The van der Waals surface area contributed by atoms with Crippen LogP contribution < -0.4 is 36.1 Å². The van der Waals surface area contributed by atoms with Gasteiger partial charge >= 0.3 is 0 Å². The topological polar surface area (TPSA) is 209 Å². The molecule has 0 aliphatic carbocycles. The number of aliphatic hydroxyl groups excluding tert-OH is 1. The lowest BCUT2D eigenvalue weighted by molar-refractivity contribution is -0.127. The van der Waals surface area contributed by atoms with Crippen LogP contribution in [-0.2, 0) is 75.3 Å². The fraction of sp³-hybridized carbons (Fsp3) is 0.352. The largest absolute Gasteiger partial charge is 0.490 e. The first kappa shape index (κ1) is 93.0. The Morgan fingerprint density at radius 3 is 0.879 bits per heavy atom. The molecule has 0 spiro atoms. The number of carbonyl (C=O) groups excluding carboxylic acids is 4. The number of epoxide rings is 1. The second kappa shape index (κ2) is 54.8. The molecular weight excluding hydrogens is 1540 g/mol. The summed E-state index contributed by atoms with van der Waals surface area (Å²) < 4.78 is 16.9. The van der Waals surface area contributed by atoms with Crippen LogP contribution in [0.25, 0.3) is 21.8 Å². The number of hydrogen-bond acceptors (Lipinski definition) is 12. The van der Waals surface area contributed by atoms with Gasteiger partial charge in [-0.15, -0.1) is 0 Å². The van der Waals surface area contributed by atoms with Crippen molar-refractivity contribution in [2.75, 3.05) is 52.5 Å². The number of hydrogen-bond donors (Lipinski definition) is 6. The van der Waals surface area contributed by atoms with E-state index in [1.807, 2.05) is 109 Å². The molecule has 2 aromatic heterocycles. The molecule has 124 heavy (non-hydrogen) atoms. The second-order valence-electron chi connectivity index (χ2n) is 32.7. The molecule has 0 saturated carbocycles. The third-order valence-electron chi connectivity index (χ3n) is 22.6. The van der Waals surface area contributed by atoms with Crippen LogP contribution >= 0.6 is 0 Å². The van der Waals surface area contributed by atoms with Crippen molar-refractivity contribution in [3.63, 3.8) is 0 Å². The summed E-state index contributed by atoms with van der Waals surface area (Å²) in [6.45, 7) is 1.76. The molecule has 1 aliphatic heterocycles. The number of carbonyl (C=O) groups is 4. The number of benzene rings is 10. The Kier molecular flexibility index (Phi) is 41.1.